The van der Waals surface area contributed by atoms with Gasteiger partial charge in [0.15, 0.2) is 45.5 Å². The van der Waals surface area contributed by atoms with Gasteiger partial charge in [0.25, 0.3) is 0 Å². The minimum absolute atomic E-state index is 0.120. The van der Waals surface area contributed by atoms with E-state index in [1.807, 2.05) is 30.3 Å². The summed E-state index contributed by atoms with van der Waals surface area (Å²) >= 11 is 2.30. The van der Waals surface area contributed by atoms with Gasteiger partial charge in [-0.25, -0.2) is 14.4 Å². The van der Waals surface area contributed by atoms with Gasteiger partial charge in [-0.2, -0.15) is 0 Å². The lowest BCUT2D eigenvalue weighted by molar-refractivity contribution is -0.340. The van der Waals surface area contributed by atoms with E-state index in [0.29, 0.717) is 0 Å². The Labute approximate surface area is 376 Å². The van der Waals surface area contributed by atoms with E-state index in [1.54, 1.807) is 91.0 Å². The standard InChI is InChI=1S/C47H53IO13Si/c1-47(2,3)62(5,6)61-38-35(48)45(55-33-27-53-44(60-36(33)38)32-25-17-10-18-26-32)54-28-34-37(57-41(49)29-19-11-7-12-20-29)39(58-42(50)30-21-13-8-14-22-30)40(46(52-4)56-34)59-43(51)31-23-15-9-16-24-31/h7-26,33-40,44-46H,27-28H2,1-6H3/t33-,34-,35-,36-,37-,38-,39+,40-,44?,45?,46+/m1/s1. The Bertz CT molecular complexity index is 2090. The molecule has 0 radical (unpaired) electrons. The fraction of sp³-hybridized carbons (Fsp3) is 0.426. The van der Waals surface area contributed by atoms with Crippen LogP contribution in [-0.4, -0.2) is 106 Å². The highest BCUT2D eigenvalue weighted by atomic mass is 127. The number of ether oxygens (including phenoxy) is 9. The fourth-order valence-corrected chi connectivity index (χ4v) is 9.72. The highest BCUT2D eigenvalue weighted by molar-refractivity contribution is 14.1. The first kappa shape index (κ1) is 46.0. The first-order valence-electron chi connectivity index (χ1n) is 20.6. The lowest BCUT2D eigenvalue weighted by atomic mass is 9.97. The molecule has 0 saturated carbocycles. The van der Waals surface area contributed by atoms with Crippen molar-refractivity contribution >= 4 is 48.8 Å². The van der Waals surface area contributed by atoms with Crippen molar-refractivity contribution in [1.82, 2.24) is 0 Å². The zero-order valence-corrected chi connectivity index (χ0v) is 38.7. The largest absolute Gasteiger partial charge is 0.452 e. The summed E-state index contributed by atoms with van der Waals surface area (Å²) in [7, 11) is -1.02. The van der Waals surface area contributed by atoms with E-state index >= 15 is 0 Å². The number of esters is 3. The van der Waals surface area contributed by atoms with Crippen LogP contribution in [0.2, 0.25) is 18.1 Å². The summed E-state index contributed by atoms with van der Waals surface area (Å²) in [5.74, 6) is -2.22. The van der Waals surface area contributed by atoms with Gasteiger partial charge in [-0.3, -0.25) is 0 Å². The minimum Gasteiger partial charge on any atom is -0.452 e. The molecule has 3 saturated heterocycles. The third-order valence-electron chi connectivity index (χ3n) is 11.6. The number of alkyl halides is 1. The van der Waals surface area contributed by atoms with Crippen LogP contribution in [0.3, 0.4) is 0 Å². The molecule has 13 nitrogen and oxygen atoms in total. The summed E-state index contributed by atoms with van der Waals surface area (Å²) in [6.07, 6.45) is -9.68. The second-order valence-corrected chi connectivity index (χ2v) is 23.0. The van der Waals surface area contributed by atoms with Gasteiger partial charge in [0.2, 0.25) is 0 Å². The van der Waals surface area contributed by atoms with Gasteiger partial charge in [0.05, 0.1) is 39.9 Å². The number of carbonyl (C=O) groups is 3. The molecule has 0 aliphatic carbocycles. The summed E-state index contributed by atoms with van der Waals surface area (Å²) in [5.41, 5.74) is 1.57. The number of carbonyl (C=O) groups excluding carboxylic acids is 3. The first-order chi connectivity index (χ1) is 29.7. The van der Waals surface area contributed by atoms with Gasteiger partial charge in [-0.1, -0.05) is 128 Å². The maximum atomic E-state index is 13.9. The maximum Gasteiger partial charge on any atom is 0.338 e. The minimum atomic E-state index is -2.40. The van der Waals surface area contributed by atoms with Crippen molar-refractivity contribution in [3.8, 4) is 0 Å². The van der Waals surface area contributed by atoms with Crippen LogP contribution in [0.4, 0.5) is 0 Å². The van der Waals surface area contributed by atoms with Gasteiger partial charge >= 0.3 is 17.9 Å². The van der Waals surface area contributed by atoms with Crippen molar-refractivity contribution in [1.29, 1.82) is 0 Å². The number of hydrogen-bond donors (Lipinski definition) is 0. The summed E-state index contributed by atoms with van der Waals surface area (Å²) < 4.78 is 63.6. The van der Waals surface area contributed by atoms with Crippen LogP contribution in [0, 0.1) is 0 Å². The van der Waals surface area contributed by atoms with E-state index in [4.69, 9.17) is 47.1 Å². The third kappa shape index (κ3) is 10.7. The maximum absolute atomic E-state index is 13.9. The zero-order chi connectivity index (χ0) is 44.0. The van der Waals surface area contributed by atoms with Crippen molar-refractivity contribution in [3.63, 3.8) is 0 Å². The third-order valence-corrected chi connectivity index (χ3v) is 17.4. The molecular weight excluding hydrogens is 927 g/mol. The second-order valence-electron chi connectivity index (χ2n) is 16.8. The summed E-state index contributed by atoms with van der Waals surface area (Å²) in [5, 5.41) is -0.120. The molecule has 3 aliphatic rings. The number of hydrogen-bond acceptors (Lipinski definition) is 13. The molecule has 7 rings (SSSR count). The van der Waals surface area contributed by atoms with Crippen molar-refractivity contribution in [3.05, 3.63) is 144 Å². The highest BCUT2D eigenvalue weighted by Gasteiger charge is 2.56. The Balaban J connectivity index is 1.20. The van der Waals surface area contributed by atoms with Gasteiger partial charge in [0, 0.05) is 12.7 Å². The smallest absolute Gasteiger partial charge is 0.338 e. The van der Waals surface area contributed by atoms with E-state index in [9.17, 15) is 14.4 Å². The molecule has 330 valence electrons. The van der Waals surface area contributed by atoms with E-state index in [-0.39, 0.29) is 34.9 Å². The SMILES string of the molecule is CO[C@H]1O[C@H](COC2O[C@@H]3COC(c4ccccc4)O[C@H]3[C@H](O[Si](C)(C)C(C)(C)C)[C@H]2I)[C@@H](OC(=O)c2ccccc2)[C@H](OC(=O)c2ccccc2)[C@H]1OC(=O)c1ccccc1. The van der Waals surface area contributed by atoms with Crippen LogP contribution in [0.25, 0.3) is 0 Å². The predicted octanol–water partition coefficient (Wildman–Crippen LogP) is 8.08. The number of benzene rings is 4. The molecular formula is C47H53IO13Si. The summed E-state index contributed by atoms with van der Waals surface area (Å²) in [6, 6.07) is 34.7. The average molecular weight is 981 g/mol. The Morgan fingerprint density at radius 2 is 1.13 bits per heavy atom. The van der Waals surface area contributed by atoms with Crippen LogP contribution in [0.1, 0.15) is 63.7 Å². The van der Waals surface area contributed by atoms with E-state index < -0.39 is 91.7 Å². The van der Waals surface area contributed by atoms with Crippen LogP contribution >= 0.6 is 22.6 Å². The number of rotatable bonds is 13. The van der Waals surface area contributed by atoms with Crippen molar-refractivity contribution in [2.24, 2.45) is 0 Å². The normalized spacial score (nSPS) is 28.9. The molecule has 62 heavy (non-hydrogen) atoms. The van der Waals surface area contributed by atoms with Crippen molar-refractivity contribution < 1.29 is 61.4 Å². The molecule has 0 amide bonds. The molecule has 4 aromatic rings. The molecule has 3 aliphatic heterocycles. The highest BCUT2D eigenvalue weighted by Crippen LogP contribution is 2.44. The lowest BCUT2D eigenvalue weighted by Crippen LogP contribution is -2.65. The van der Waals surface area contributed by atoms with Gasteiger partial charge in [-0.05, 0) is 54.5 Å². The predicted molar refractivity (Wildman–Crippen MR) is 237 cm³/mol. The number of halogens is 1. The van der Waals surface area contributed by atoms with Gasteiger partial charge in [0.1, 0.15) is 18.3 Å². The quantitative estimate of drug-likeness (QED) is 0.0419. The monoisotopic (exact) mass is 980 g/mol. The summed E-state index contributed by atoms with van der Waals surface area (Å²) in [6.45, 7) is 10.9. The molecule has 0 N–H and O–H groups in total. The van der Waals surface area contributed by atoms with Crippen LogP contribution in [0.5, 0.6) is 0 Å². The van der Waals surface area contributed by atoms with Crippen LogP contribution < -0.4 is 0 Å². The van der Waals surface area contributed by atoms with E-state index in [0.717, 1.165) is 5.56 Å². The molecule has 4 aromatic carbocycles. The molecule has 2 unspecified atom stereocenters. The molecule has 0 spiro atoms. The second kappa shape index (κ2) is 20.2. The molecule has 0 bridgehead atoms. The van der Waals surface area contributed by atoms with Crippen molar-refractivity contribution in [2.75, 3.05) is 20.3 Å². The van der Waals surface area contributed by atoms with Gasteiger partial charge < -0.3 is 47.1 Å². The van der Waals surface area contributed by atoms with Crippen molar-refractivity contribution in [2.45, 2.75) is 104 Å². The Morgan fingerprint density at radius 3 is 1.63 bits per heavy atom. The number of fused-ring (bicyclic) bond motifs is 1. The van der Waals surface area contributed by atoms with Gasteiger partial charge in [-0.15, -0.1) is 0 Å². The summed E-state index contributed by atoms with van der Waals surface area (Å²) in [4.78, 5) is 41.4. The Morgan fingerprint density at radius 1 is 0.645 bits per heavy atom. The molecule has 15 heteroatoms. The molecule has 3 heterocycles. The Hall–Kier alpha value is -4.04. The van der Waals surface area contributed by atoms with E-state index in [1.165, 1.54) is 7.11 Å². The van der Waals surface area contributed by atoms with E-state index in [2.05, 4.69) is 56.5 Å². The van der Waals surface area contributed by atoms with Crippen LogP contribution in [-0.2, 0) is 47.1 Å². The average Bonchev–Trinajstić information content (AvgIpc) is 3.28. The first-order valence-corrected chi connectivity index (χ1v) is 24.8. The molecule has 11 atom stereocenters. The zero-order valence-electron chi connectivity index (χ0n) is 35.5. The lowest BCUT2D eigenvalue weighted by Gasteiger charge is -2.51. The fourth-order valence-electron chi connectivity index (χ4n) is 7.19. The Kier molecular flexibility index (Phi) is 15.0. The molecule has 3 fully saturated rings. The number of methoxy groups -OCH3 is 1. The topological polar surface area (TPSA) is 144 Å². The van der Waals surface area contributed by atoms with Crippen LogP contribution in [0.15, 0.2) is 121 Å². The molecule has 0 aromatic heterocycles.